The summed E-state index contributed by atoms with van der Waals surface area (Å²) in [6, 6.07) is 5.59. The summed E-state index contributed by atoms with van der Waals surface area (Å²) in [5.74, 6) is 1.42. The van der Waals surface area contributed by atoms with Crippen LogP contribution in [0, 0.1) is 17.2 Å². The first-order valence-corrected chi connectivity index (χ1v) is 6.25. The van der Waals surface area contributed by atoms with Crippen molar-refractivity contribution in [1.29, 1.82) is 5.41 Å². The lowest BCUT2D eigenvalue weighted by Gasteiger charge is -2.21. The molecule has 3 nitrogen and oxygen atoms in total. The molecule has 0 aromatic heterocycles. The average Bonchev–Trinajstić information content (AvgIpc) is 2.59. The van der Waals surface area contributed by atoms with Crippen molar-refractivity contribution >= 4 is 23.1 Å². The molecule has 1 aromatic carbocycles. The van der Waals surface area contributed by atoms with E-state index in [-0.39, 0.29) is 5.84 Å². The van der Waals surface area contributed by atoms with E-state index in [0.717, 1.165) is 24.3 Å². The van der Waals surface area contributed by atoms with Gasteiger partial charge in [0.2, 0.25) is 0 Å². The first kappa shape index (κ1) is 12.2. The van der Waals surface area contributed by atoms with Crippen LogP contribution in [0.1, 0.15) is 19.4 Å². The zero-order valence-electron chi connectivity index (χ0n) is 10.2. The smallest absolute Gasteiger partial charge is 0.124 e. The molecule has 2 rings (SSSR count). The SMILES string of the molecule is CC1CN(c2ccc(Cl)cc2C(=N)N)CC1C. The molecule has 1 aromatic rings. The van der Waals surface area contributed by atoms with Gasteiger partial charge in [-0.05, 0) is 30.0 Å². The van der Waals surface area contributed by atoms with E-state index in [4.69, 9.17) is 22.7 Å². The van der Waals surface area contributed by atoms with Gasteiger partial charge < -0.3 is 10.6 Å². The molecule has 17 heavy (non-hydrogen) atoms. The quantitative estimate of drug-likeness (QED) is 0.627. The number of nitrogen functional groups attached to an aromatic ring is 1. The lowest BCUT2D eigenvalue weighted by molar-refractivity contribution is 0.494. The predicted octanol–water partition coefficient (Wildman–Crippen LogP) is 2.72. The summed E-state index contributed by atoms with van der Waals surface area (Å²) in [6.45, 7) is 6.55. The van der Waals surface area contributed by atoms with Gasteiger partial charge in [-0.25, -0.2) is 0 Å². The summed E-state index contributed by atoms with van der Waals surface area (Å²) in [5.41, 5.74) is 7.38. The molecule has 1 aliphatic rings. The normalized spacial score (nSPS) is 24.1. The number of hydrogen-bond donors (Lipinski definition) is 2. The van der Waals surface area contributed by atoms with Crippen LogP contribution in [0.4, 0.5) is 5.69 Å². The minimum atomic E-state index is 0.0784. The van der Waals surface area contributed by atoms with E-state index >= 15 is 0 Å². The van der Waals surface area contributed by atoms with Gasteiger partial charge in [0.1, 0.15) is 5.84 Å². The highest BCUT2D eigenvalue weighted by Crippen LogP contribution is 2.31. The van der Waals surface area contributed by atoms with Gasteiger partial charge in [-0.1, -0.05) is 25.4 Å². The molecular formula is C13H18ClN3. The molecule has 0 amide bonds. The van der Waals surface area contributed by atoms with Crippen molar-refractivity contribution < 1.29 is 0 Å². The molecule has 0 saturated carbocycles. The molecule has 92 valence electrons. The molecule has 0 radical (unpaired) electrons. The van der Waals surface area contributed by atoms with Gasteiger partial charge in [-0.3, -0.25) is 5.41 Å². The Labute approximate surface area is 107 Å². The third-order valence-electron chi connectivity index (χ3n) is 3.58. The largest absolute Gasteiger partial charge is 0.384 e. The van der Waals surface area contributed by atoms with Crippen molar-refractivity contribution in [3.8, 4) is 0 Å². The fourth-order valence-corrected chi connectivity index (χ4v) is 2.50. The van der Waals surface area contributed by atoms with Crippen molar-refractivity contribution in [1.82, 2.24) is 0 Å². The van der Waals surface area contributed by atoms with E-state index in [0.29, 0.717) is 16.9 Å². The van der Waals surface area contributed by atoms with Gasteiger partial charge in [0.25, 0.3) is 0 Å². The van der Waals surface area contributed by atoms with Crippen molar-refractivity contribution in [2.75, 3.05) is 18.0 Å². The number of nitrogens with zero attached hydrogens (tertiary/aromatic N) is 1. The molecule has 2 unspecified atom stereocenters. The molecule has 0 spiro atoms. The number of benzene rings is 1. The lowest BCUT2D eigenvalue weighted by Crippen LogP contribution is -2.24. The number of anilines is 1. The zero-order chi connectivity index (χ0) is 12.6. The fraction of sp³-hybridized carbons (Fsp3) is 0.462. The Kier molecular flexibility index (Phi) is 3.29. The molecular weight excluding hydrogens is 234 g/mol. The molecule has 1 aliphatic heterocycles. The zero-order valence-corrected chi connectivity index (χ0v) is 11.0. The standard InChI is InChI=1S/C13H18ClN3/c1-8-6-17(7-9(8)2)12-4-3-10(14)5-11(12)13(15)16/h3-5,8-9H,6-7H2,1-2H3,(H3,15,16). The molecule has 0 aliphatic carbocycles. The Hall–Kier alpha value is -1.22. The number of nitrogens with one attached hydrogen (secondary N) is 1. The summed E-state index contributed by atoms with van der Waals surface area (Å²) < 4.78 is 0. The highest BCUT2D eigenvalue weighted by molar-refractivity contribution is 6.31. The second-order valence-corrected chi connectivity index (χ2v) is 5.37. The van der Waals surface area contributed by atoms with Crippen LogP contribution in [0.15, 0.2) is 18.2 Å². The predicted molar refractivity (Wildman–Crippen MR) is 73.0 cm³/mol. The Morgan fingerprint density at radius 1 is 1.35 bits per heavy atom. The van der Waals surface area contributed by atoms with Crippen LogP contribution in [0.25, 0.3) is 0 Å². The highest BCUT2D eigenvalue weighted by atomic mass is 35.5. The molecule has 1 saturated heterocycles. The maximum Gasteiger partial charge on any atom is 0.124 e. The Morgan fingerprint density at radius 3 is 2.47 bits per heavy atom. The van der Waals surface area contributed by atoms with Crippen LogP contribution < -0.4 is 10.6 Å². The van der Waals surface area contributed by atoms with E-state index in [9.17, 15) is 0 Å². The van der Waals surface area contributed by atoms with Crippen LogP contribution in [0.3, 0.4) is 0 Å². The first-order valence-electron chi connectivity index (χ1n) is 5.88. The van der Waals surface area contributed by atoms with Gasteiger partial charge in [0, 0.05) is 29.4 Å². The minimum Gasteiger partial charge on any atom is -0.384 e. The topological polar surface area (TPSA) is 53.1 Å². The van der Waals surface area contributed by atoms with Gasteiger partial charge in [-0.15, -0.1) is 0 Å². The minimum absolute atomic E-state index is 0.0784. The monoisotopic (exact) mass is 251 g/mol. The summed E-state index contributed by atoms with van der Waals surface area (Å²) >= 11 is 5.95. The highest BCUT2D eigenvalue weighted by Gasteiger charge is 2.27. The lowest BCUT2D eigenvalue weighted by atomic mass is 10.0. The summed E-state index contributed by atoms with van der Waals surface area (Å²) in [4.78, 5) is 2.29. The Bertz CT molecular complexity index is 434. The van der Waals surface area contributed by atoms with Crippen molar-refractivity contribution in [2.24, 2.45) is 17.6 Å². The van der Waals surface area contributed by atoms with Crippen molar-refractivity contribution in [3.05, 3.63) is 28.8 Å². The Morgan fingerprint density at radius 2 is 1.94 bits per heavy atom. The Balaban J connectivity index is 2.36. The van der Waals surface area contributed by atoms with Crippen LogP contribution in [0.5, 0.6) is 0 Å². The average molecular weight is 252 g/mol. The van der Waals surface area contributed by atoms with Crippen molar-refractivity contribution in [3.63, 3.8) is 0 Å². The number of rotatable bonds is 2. The summed E-state index contributed by atoms with van der Waals surface area (Å²) in [5, 5.41) is 8.25. The second kappa shape index (κ2) is 4.57. The number of halogens is 1. The van der Waals surface area contributed by atoms with Gasteiger partial charge in [0.15, 0.2) is 0 Å². The molecule has 2 atom stereocenters. The van der Waals surface area contributed by atoms with Crippen molar-refractivity contribution in [2.45, 2.75) is 13.8 Å². The molecule has 1 heterocycles. The third-order valence-corrected chi connectivity index (χ3v) is 3.81. The fourth-order valence-electron chi connectivity index (χ4n) is 2.33. The van der Waals surface area contributed by atoms with E-state index < -0.39 is 0 Å². The van der Waals surface area contributed by atoms with Gasteiger partial charge in [-0.2, -0.15) is 0 Å². The molecule has 4 heteroatoms. The maximum atomic E-state index is 7.63. The van der Waals surface area contributed by atoms with Crippen LogP contribution in [-0.2, 0) is 0 Å². The van der Waals surface area contributed by atoms with E-state index in [2.05, 4.69) is 18.7 Å². The van der Waals surface area contributed by atoms with Crippen LogP contribution in [-0.4, -0.2) is 18.9 Å². The molecule has 1 fully saturated rings. The first-order chi connectivity index (χ1) is 7.99. The van der Waals surface area contributed by atoms with Gasteiger partial charge in [0.05, 0.1) is 0 Å². The maximum absolute atomic E-state index is 7.63. The van der Waals surface area contributed by atoms with E-state index in [1.165, 1.54) is 0 Å². The third kappa shape index (κ3) is 2.39. The van der Waals surface area contributed by atoms with Crippen LogP contribution >= 0.6 is 11.6 Å². The van der Waals surface area contributed by atoms with Gasteiger partial charge >= 0.3 is 0 Å². The number of hydrogen-bond acceptors (Lipinski definition) is 2. The van der Waals surface area contributed by atoms with E-state index in [1.807, 2.05) is 12.1 Å². The molecule has 3 N–H and O–H groups in total. The molecule has 0 bridgehead atoms. The summed E-state index contributed by atoms with van der Waals surface area (Å²) in [6.07, 6.45) is 0. The van der Waals surface area contributed by atoms with Crippen LogP contribution in [0.2, 0.25) is 5.02 Å². The number of amidine groups is 1. The second-order valence-electron chi connectivity index (χ2n) is 4.93. The number of nitrogens with two attached hydrogens (primary N) is 1. The van der Waals surface area contributed by atoms with E-state index in [1.54, 1.807) is 6.07 Å². The summed E-state index contributed by atoms with van der Waals surface area (Å²) in [7, 11) is 0.